The molecule has 1 N–H and O–H groups in total. The number of furan rings is 2. The summed E-state index contributed by atoms with van der Waals surface area (Å²) in [6, 6.07) is 33.6. The van der Waals surface area contributed by atoms with Crippen molar-refractivity contribution in [3.8, 4) is 0 Å². The standard InChI is InChI=1S/C61H56N2O3.C10H16.C3H6.C2H6/c1-3-15-46-47-26-14-29-55(61(47)65-56(46)38-39-16-6-4-7-17-39)63(43-21-11-22-44(64-2)34-33-43)54-28-10-20-41-30-35-50-52(37-32-42-31-36-51(54)58(41)57(42)50)62-53-27-13-25-49-48-24-12-23-45(59(48)66-60(49)53)40-18-8-5-9-19-40;1-4-7-8-9-10(5-2)6-3;1-3-2;1-2/h3,12-15,20-37,39-40,62H,4-10,16-19,38H2,1-2H3;4-5,7,9H,2,6,8H2,1,3H3;3H,1H2,2H3;1-2H3/b15-3-;7-4-,10-9+;;. The molecule has 5 nitrogen and oxygen atoms in total. The lowest BCUT2D eigenvalue weighted by Gasteiger charge is -2.29. The van der Waals surface area contributed by atoms with Crippen molar-refractivity contribution in [2.24, 2.45) is 5.92 Å². The van der Waals surface area contributed by atoms with Crippen molar-refractivity contribution >= 4 is 89.4 Å². The molecule has 0 aliphatic heterocycles. The second-order valence-electron chi connectivity index (χ2n) is 21.4. The van der Waals surface area contributed by atoms with Gasteiger partial charge in [0.25, 0.3) is 0 Å². The molecule has 0 atom stereocenters. The molecule has 0 radical (unpaired) electrons. The Morgan fingerprint density at radius 2 is 1.44 bits per heavy atom. The first-order chi connectivity index (χ1) is 39.9. The zero-order chi connectivity index (χ0) is 56.7. The summed E-state index contributed by atoms with van der Waals surface area (Å²) < 4.78 is 19.8. The Kier molecular flexibility index (Phi) is 19.9. The van der Waals surface area contributed by atoms with E-state index in [9.17, 15) is 0 Å². The maximum atomic E-state index is 7.15. The molecule has 0 amide bonds. The Hall–Kier alpha value is -7.98. The van der Waals surface area contributed by atoms with Crippen molar-refractivity contribution in [1.82, 2.24) is 0 Å². The molecular formula is C76H84N2O3. The van der Waals surface area contributed by atoms with Crippen LogP contribution in [0.5, 0.6) is 0 Å². The van der Waals surface area contributed by atoms with Crippen LogP contribution in [0.25, 0.3) is 72.3 Å². The van der Waals surface area contributed by atoms with Gasteiger partial charge in [-0.3, -0.25) is 0 Å². The quantitative estimate of drug-likeness (QED) is 0.0668. The summed E-state index contributed by atoms with van der Waals surface area (Å²) in [6.45, 7) is 19.3. The van der Waals surface area contributed by atoms with E-state index in [1.165, 1.54) is 119 Å². The Morgan fingerprint density at radius 1 is 0.716 bits per heavy atom. The molecule has 416 valence electrons. The number of hydrogen-bond donors (Lipinski definition) is 1. The summed E-state index contributed by atoms with van der Waals surface area (Å²) in [4.78, 5) is 2.39. The molecule has 0 saturated heterocycles. The van der Waals surface area contributed by atoms with Crippen LogP contribution in [0.15, 0.2) is 203 Å². The lowest BCUT2D eigenvalue weighted by Crippen LogP contribution is -2.21. The van der Waals surface area contributed by atoms with Crippen LogP contribution in [-0.4, -0.2) is 7.11 Å². The normalized spacial score (nSPS) is 15.7. The monoisotopic (exact) mass is 1070 g/mol. The molecular weight excluding hydrogens is 989 g/mol. The third-order valence-electron chi connectivity index (χ3n) is 16.4. The zero-order valence-electron chi connectivity index (χ0n) is 49.3. The summed E-state index contributed by atoms with van der Waals surface area (Å²) in [5.74, 6) is 3.04. The van der Waals surface area contributed by atoms with Crippen LogP contribution >= 0.6 is 0 Å². The molecule has 81 heavy (non-hydrogen) atoms. The van der Waals surface area contributed by atoms with Gasteiger partial charge in [0.05, 0.1) is 29.9 Å². The summed E-state index contributed by atoms with van der Waals surface area (Å²) >= 11 is 0. The number of fused-ring (bicyclic) bond motifs is 4. The SMILES string of the molecule is C/C=C\c1c(CC2CCCCC2)oc2c(N(C3=CC=C(OC)C=C=C3)C3=CCC=c4ccc5c(Nc6cccc7c6oc6c(C8CCCCC8)cccc67)ccc6ccc3c4c65)cccc12.C=C/C(=C\C/C=C\C)CC.C=CC.CC. The van der Waals surface area contributed by atoms with Crippen LogP contribution in [-0.2, 0) is 11.2 Å². The second kappa shape index (κ2) is 27.9. The molecule has 0 spiro atoms. The molecule has 0 unspecified atom stereocenters. The fourth-order valence-electron chi connectivity index (χ4n) is 12.5. The van der Waals surface area contributed by atoms with E-state index >= 15 is 0 Å². The number of para-hydroxylation sites is 3. The number of allylic oxidation sites excluding steroid dienone is 12. The van der Waals surface area contributed by atoms with Crippen molar-refractivity contribution in [1.29, 1.82) is 0 Å². The molecule has 2 saturated carbocycles. The second-order valence-corrected chi connectivity index (χ2v) is 21.4. The molecule has 0 bridgehead atoms. The number of rotatable bonds is 14. The minimum absolute atomic E-state index is 0.555. The van der Waals surface area contributed by atoms with E-state index in [0.29, 0.717) is 11.8 Å². The number of benzene rings is 6. The first kappa shape index (κ1) is 57.7. The predicted octanol–water partition coefficient (Wildman–Crippen LogP) is 22.2. The van der Waals surface area contributed by atoms with Gasteiger partial charge >= 0.3 is 0 Å². The number of anilines is 3. The van der Waals surface area contributed by atoms with Crippen LogP contribution in [0.1, 0.15) is 153 Å². The highest BCUT2D eigenvalue weighted by Gasteiger charge is 2.28. The van der Waals surface area contributed by atoms with Gasteiger partial charge in [-0.05, 0) is 122 Å². The molecule has 6 aromatic carbocycles. The van der Waals surface area contributed by atoms with Gasteiger partial charge in [-0.2, -0.15) is 0 Å². The Bertz CT molecular complexity index is 3840. The maximum Gasteiger partial charge on any atom is 0.158 e. The van der Waals surface area contributed by atoms with Gasteiger partial charge in [0.1, 0.15) is 17.1 Å². The lowest BCUT2D eigenvalue weighted by atomic mass is 9.83. The highest BCUT2D eigenvalue weighted by Crippen LogP contribution is 2.46. The number of nitrogens with zero attached hydrogens (tertiary/aromatic N) is 1. The lowest BCUT2D eigenvalue weighted by molar-refractivity contribution is 0.307. The largest absolute Gasteiger partial charge is 0.496 e. The van der Waals surface area contributed by atoms with E-state index in [1.54, 1.807) is 13.2 Å². The van der Waals surface area contributed by atoms with Gasteiger partial charge in [0, 0.05) is 56.9 Å². The molecule has 12 rings (SSSR count). The molecule has 5 heteroatoms. The van der Waals surface area contributed by atoms with E-state index in [4.69, 9.17) is 13.6 Å². The summed E-state index contributed by atoms with van der Waals surface area (Å²) in [5, 5.41) is 13.5. The maximum absolute atomic E-state index is 7.15. The number of ether oxygens (including phenoxy) is 1. The Balaban J connectivity index is 0.000000472. The van der Waals surface area contributed by atoms with Crippen LogP contribution in [0.3, 0.4) is 0 Å². The predicted molar refractivity (Wildman–Crippen MR) is 351 cm³/mol. The first-order valence-electron chi connectivity index (χ1n) is 30.2. The fraction of sp³-hybridized carbons (Fsp3) is 0.303. The van der Waals surface area contributed by atoms with E-state index in [-0.39, 0.29) is 0 Å². The minimum atomic E-state index is 0.555. The molecule has 2 fully saturated rings. The third kappa shape index (κ3) is 12.5. The van der Waals surface area contributed by atoms with Crippen molar-refractivity contribution in [2.75, 3.05) is 17.3 Å². The van der Waals surface area contributed by atoms with Crippen molar-refractivity contribution in [2.45, 2.75) is 137 Å². The smallest absolute Gasteiger partial charge is 0.158 e. The third-order valence-corrected chi connectivity index (χ3v) is 16.4. The van der Waals surface area contributed by atoms with Crippen LogP contribution in [0, 0.1) is 5.92 Å². The fourth-order valence-corrected chi connectivity index (χ4v) is 12.5. The summed E-state index contributed by atoms with van der Waals surface area (Å²) in [5.41, 5.74) is 16.5. The number of nitrogens with one attached hydrogen (secondary N) is 1. The van der Waals surface area contributed by atoms with Crippen LogP contribution < -0.4 is 15.4 Å². The van der Waals surface area contributed by atoms with Gasteiger partial charge in [0.2, 0.25) is 0 Å². The molecule has 8 aromatic rings. The molecule has 2 aromatic heterocycles. The van der Waals surface area contributed by atoms with Gasteiger partial charge in [-0.25, -0.2) is 0 Å². The first-order valence-corrected chi connectivity index (χ1v) is 30.2. The van der Waals surface area contributed by atoms with Gasteiger partial charge in [-0.1, -0.05) is 212 Å². The van der Waals surface area contributed by atoms with E-state index in [2.05, 4.69) is 189 Å². The van der Waals surface area contributed by atoms with Crippen LogP contribution in [0.4, 0.5) is 17.1 Å². The molecule has 2 heterocycles. The van der Waals surface area contributed by atoms with E-state index in [1.807, 2.05) is 45.9 Å². The van der Waals surface area contributed by atoms with Crippen molar-refractivity contribution in [3.63, 3.8) is 0 Å². The molecule has 4 aliphatic carbocycles. The van der Waals surface area contributed by atoms with E-state index < -0.39 is 0 Å². The van der Waals surface area contributed by atoms with Gasteiger partial charge < -0.3 is 23.8 Å². The average molecular weight is 1070 g/mol. The van der Waals surface area contributed by atoms with E-state index in [0.717, 1.165) is 93.2 Å². The van der Waals surface area contributed by atoms with Gasteiger partial charge in [-0.15, -0.1) is 12.3 Å². The minimum Gasteiger partial charge on any atom is -0.496 e. The Morgan fingerprint density at radius 3 is 2.19 bits per heavy atom. The van der Waals surface area contributed by atoms with Crippen LogP contribution in [0.2, 0.25) is 0 Å². The highest BCUT2D eigenvalue weighted by atomic mass is 16.5. The van der Waals surface area contributed by atoms with Crippen molar-refractivity contribution < 1.29 is 13.6 Å². The number of hydrogen-bond acceptors (Lipinski definition) is 5. The molecule has 4 aliphatic rings. The topological polar surface area (TPSA) is 50.8 Å². The number of methoxy groups -OCH3 is 1. The summed E-state index contributed by atoms with van der Waals surface area (Å²) in [6.07, 6.45) is 44.1. The average Bonchev–Trinajstić information content (AvgIpc) is 3.94. The van der Waals surface area contributed by atoms with Gasteiger partial charge in [0.15, 0.2) is 11.2 Å². The summed E-state index contributed by atoms with van der Waals surface area (Å²) in [7, 11) is 1.71. The Labute approximate surface area is 482 Å². The highest BCUT2D eigenvalue weighted by molar-refractivity contribution is 6.19. The zero-order valence-corrected chi connectivity index (χ0v) is 49.3. The van der Waals surface area contributed by atoms with Crippen molar-refractivity contribution in [3.05, 3.63) is 221 Å².